The highest BCUT2D eigenvalue weighted by Crippen LogP contribution is 2.15. The number of ether oxygens (including phenoxy) is 1. The van der Waals surface area contributed by atoms with Crippen LogP contribution in [0, 0.1) is 0 Å². The van der Waals surface area contributed by atoms with E-state index in [1.807, 2.05) is 6.08 Å². The molecule has 0 aliphatic carbocycles. The lowest BCUT2D eigenvalue weighted by atomic mass is 10.1. The van der Waals surface area contributed by atoms with E-state index in [0.717, 1.165) is 37.3 Å². The van der Waals surface area contributed by atoms with Gasteiger partial charge in [-0.2, -0.15) is 0 Å². The van der Waals surface area contributed by atoms with Crippen LogP contribution < -0.4 is 12.4 Å². The minimum absolute atomic E-state index is 0. The molecule has 94 valence electrons. The van der Waals surface area contributed by atoms with Gasteiger partial charge < -0.3 is 21.6 Å². The Balaban J connectivity index is 0.00000144. The van der Waals surface area contributed by atoms with E-state index in [2.05, 4.69) is 37.9 Å². The molecule has 0 amide bonds. The molecule has 1 aromatic rings. The van der Waals surface area contributed by atoms with E-state index >= 15 is 0 Å². The van der Waals surface area contributed by atoms with Crippen LogP contribution in [-0.2, 0) is 11.3 Å². The van der Waals surface area contributed by atoms with Gasteiger partial charge in [0.15, 0.2) is 0 Å². The molecule has 2 nitrogen and oxygen atoms in total. The Hall–Kier alpha value is -0.830. The summed E-state index contributed by atoms with van der Waals surface area (Å²) in [6.45, 7) is 8.88. The fourth-order valence-electron chi connectivity index (χ4n) is 2.14. The van der Waals surface area contributed by atoms with Crippen LogP contribution in [0.4, 0.5) is 0 Å². The zero-order valence-electron chi connectivity index (χ0n) is 10.4. The molecule has 1 aliphatic rings. The molecule has 0 radical (unpaired) electrons. The van der Waals surface area contributed by atoms with Crippen LogP contribution in [0.25, 0.3) is 6.08 Å². The Morgan fingerprint density at radius 1 is 1.24 bits per heavy atom. The smallest absolute Gasteiger partial charge is 0.104 e. The van der Waals surface area contributed by atoms with Gasteiger partial charge in [-0.1, -0.05) is 36.9 Å². The number of halogens is 1. The third kappa shape index (κ3) is 3.84. The number of morpholine rings is 1. The molecule has 0 N–H and O–H groups in total. The summed E-state index contributed by atoms with van der Waals surface area (Å²) < 4.78 is 6.50. The molecule has 1 aliphatic heterocycles. The van der Waals surface area contributed by atoms with Gasteiger partial charge in [-0.05, 0) is 5.56 Å². The van der Waals surface area contributed by atoms with E-state index in [1.165, 1.54) is 11.1 Å². The van der Waals surface area contributed by atoms with Gasteiger partial charge in [0.2, 0.25) is 0 Å². The van der Waals surface area contributed by atoms with Crippen LogP contribution in [0.3, 0.4) is 0 Å². The lowest BCUT2D eigenvalue weighted by molar-refractivity contribution is -0.929. The maximum absolute atomic E-state index is 5.41. The first-order chi connectivity index (χ1) is 7.72. The summed E-state index contributed by atoms with van der Waals surface area (Å²) in [5.41, 5.74) is 2.59. The van der Waals surface area contributed by atoms with Crippen molar-refractivity contribution in [2.45, 2.75) is 6.54 Å². The van der Waals surface area contributed by atoms with Crippen molar-refractivity contribution in [1.29, 1.82) is 0 Å². The van der Waals surface area contributed by atoms with Gasteiger partial charge in [0.05, 0.1) is 20.3 Å². The summed E-state index contributed by atoms with van der Waals surface area (Å²) >= 11 is 0. The maximum atomic E-state index is 5.41. The standard InChI is InChI=1S/C14H20NO.ClH/c1-3-13-4-6-14(7-5-13)12-15(2)8-10-16-11-9-15;/h3-7H,1,8-12H2,2H3;1H/q+1;/p-1. The Labute approximate surface area is 110 Å². The van der Waals surface area contributed by atoms with Gasteiger partial charge in [-0.3, -0.25) is 0 Å². The lowest BCUT2D eigenvalue weighted by Gasteiger charge is -2.37. The van der Waals surface area contributed by atoms with Crippen LogP contribution >= 0.6 is 0 Å². The van der Waals surface area contributed by atoms with Crippen LogP contribution in [-0.4, -0.2) is 37.8 Å². The number of hydrogen-bond acceptors (Lipinski definition) is 1. The molecule has 0 bridgehead atoms. The van der Waals surface area contributed by atoms with Crippen molar-refractivity contribution in [1.82, 2.24) is 0 Å². The van der Waals surface area contributed by atoms with Crippen molar-refractivity contribution in [3.8, 4) is 0 Å². The normalized spacial score (nSPS) is 18.2. The number of rotatable bonds is 3. The third-order valence-electron chi connectivity index (χ3n) is 3.33. The summed E-state index contributed by atoms with van der Waals surface area (Å²) in [5, 5.41) is 0. The fraction of sp³-hybridized carbons (Fsp3) is 0.429. The first-order valence-electron chi connectivity index (χ1n) is 5.85. The monoisotopic (exact) mass is 253 g/mol. The van der Waals surface area contributed by atoms with Gasteiger partial charge >= 0.3 is 0 Å². The van der Waals surface area contributed by atoms with Gasteiger partial charge in [0.1, 0.15) is 19.6 Å². The molecule has 1 fully saturated rings. The quantitative estimate of drug-likeness (QED) is 0.648. The molecule has 0 unspecified atom stereocenters. The zero-order chi connectivity index (χ0) is 11.4. The van der Waals surface area contributed by atoms with Crippen molar-refractivity contribution >= 4 is 6.08 Å². The van der Waals surface area contributed by atoms with Crippen molar-refractivity contribution in [3.05, 3.63) is 42.0 Å². The minimum Gasteiger partial charge on any atom is -1.00 e. The van der Waals surface area contributed by atoms with Crippen LogP contribution in [0.5, 0.6) is 0 Å². The second-order valence-electron chi connectivity index (χ2n) is 4.78. The van der Waals surface area contributed by atoms with Crippen molar-refractivity contribution in [3.63, 3.8) is 0 Å². The largest absolute Gasteiger partial charge is 1.00 e. The lowest BCUT2D eigenvalue weighted by Crippen LogP contribution is -3.00. The van der Waals surface area contributed by atoms with E-state index < -0.39 is 0 Å². The predicted octanol–water partition coefficient (Wildman–Crippen LogP) is -0.690. The summed E-state index contributed by atoms with van der Waals surface area (Å²) in [6, 6.07) is 8.68. The van der Waals surface area contributed by atoms with E-state index in [0.29, 0.717) is 0 Å². The Morgan fingerprint density at radius 3 is 2.35 bits per heavy atom. The number of quaternary nitrogens is 1. The van der Waals surface area contributed by atoms with Crippen molar-refractivity contribution < 1.29 is 21.6 Å². The molecule has 0 spiro atoms. The molecule has 1 saturated heterocycles. The molecule has 0 saturated carbocycles. The molecule has 1 aromatic carbocycles. The second-order valence-corrected chi connectivity index (χ2v) is 4.78. The van der Waals surface area contributed by atoms with E-state index in [4.69, 9.17) is 4.74 Å². The number of benzene rings is 1. The van der Waals surface area contributed by atoms with Gasteiger partial charge in [0, 0.05) is 5.56 Å². The number of nitrogens with zero attached hydrogens (tertiary/aromatic N) is 1. The zero-order valence-corrected chi connectivity index (χ0v) is 11.1. The van der Waals surface area contributed by atoms with E-state index in [1.54, 1.807) is 0 Å². The van der Waals surface area contributed by atoms with E-state index in [9.17, 15) is 0 Å². The summed E-state index contributed by atoms with van der Waals surface area (Å²) in [6.07, 6.45) is 1.88. The van der Waals surface area contributed by atoms with Crippen LogP contribution in [0.15, 0.2) is 30.8 Å². The second kappa shape index (κ2) is 6.20. The maximum Gasteiger partial charge on any atom is 0.104 e. The van der Waals surface area contributed by atoms with E-state index in [-0.39, 0.29) is 12.4 Å². The Bertz CT molecular complexity index is 355. The first-order valence-corrected chi connectivity index (χ1v) is 5.85. The highest BCUT2D eigenvalue weighted by atomic mass is 35.5. The molecular formula is C14H20ClNO. The molecule has 0 aromatic heterocycles. The number of hydrogen-bond donors (Lipinski definition) is 0. The topological polar surface area (TPSA) is 9.23 Å². The van der Waals surface area contributed by atoms with Gasteiger partial charge in [-0.15, -0.1) is 0 Å². The van der Waals surface area contributed by atoms with Crippen molar-refractivity contribution in [2.24, 2.45) is 0 Å². The van der Waals surface area contributed by atoms with Crippen LogP contribution in [0.2, 0.25) is 0 Å². The van der Waals surface area contributed by atoms with Crippen molar-refractivity contribution in [2.75, 3.05) is 33.4 Å². The highest BCUT2D eigenvalue weighted by Gasteiger charge is 2.25. The summed E-state index contributed by atoms with van der Waals surface area (Å²) in [7, 11) is 2.31. The molecule has 3 heteroatoms. The first kappa shape index (κ1) is 14.2. The average molecular weight is 254 g/mol. The SMILES string of the molecule is C=Cc1ccc(C[N+]2(C)CCOCC2)cc1.[Cl-]. The molecular weight excluding hydrogens is 234 g/mol. The molecule has 0 atom stereocenters. The third-order valence-corrected chi connectivity index (χ3v) is 3.33. The predicted molar refractivity (Wildman–Crippen MR) is 67.0 cm³/mol. The molecule has 1 heterocycles. The fourth-order valence-corrected chi connectivity index (χ4v) is 2.14. The Morgan fingerprint density at radius 2 is 1.82 bits per heavy atom. The molecule has 2 rings (SSSR count). The minimum atomic E-state index is 0. The summed E-state index contributed by atoms with van der Waals surface area (Å²) in [4.78, 5) is 0. The number of likely N-dealkylation sites (N-methyl/N-ethyl adjacent to an activating group) is 1. The van der Waals surface area contributed by atoms with Gasteiger partial charge in [0.25, 0.3) is 0 Å². The van der Waals surface area contributed by atoms with Crippen LogP contribution in [0.1, 0.15) is 11.1 Å². The highest BCUT2D eigenvalue weighted by molar-refractivity contribution is 5.47. The summed E-state index contributed by atoms with van der Waals surface area (Å²) in [5.74, 6) is 0. The van der Waals surface area contributed by atoms with Gasteiger partial charge in [-0.25, -0.2) is 0 Å². The average Bonchev–Trinajstić information content (AvgIpc) is 2.30. The molecule has 17 heavy (non-hydrogen) atoms. The Kier molecular flexibility index (Phi) is 5.19.